The summed E-state index contributed by atoms with van der Waals surface area (Å²) in [5, 5.41) is 2.05. The molecule has 1 N–H and O–H groups in total. The van der Waals surface area contributed by atoms with Crippen molar-refractivity contribution in [3.8, 4) is 5.75 Å². The Kier molecular flexibility index (Phi) is 4.54. The van der Waals surface area contributed by atoms with Crippen molar-refractivity contribution in [1.82, 2.24) is 0 Å². The van der Waals surface area contributed by atoms with Gasteiger partial charge in [-0.25, -0.2) is 8.78 Å². The minimum absolute atomic E-state index is 0.0875. The van der Waals surface area contributed by atoms with Gasteiger partial charge in [-0.15, -0.1) is 0 Å². The smallest absolute Gasteiger partial charge is 0.422 e. The molecule has 0 aliphatic heterocycles. The van der Waals surface area contributed by atoms with E-state index in [1.54, 1.807) is 6.92 Å². The molecule has 0 fully saturated rings. The predicted molar refractivity (Wildman–Crippen MR) is 56.7 cm³/mol. The van der Waals surface area contributed by atoms with Gasteiger partial charge in [0.1, 0.15) is 11.3 Å². The Labute approximate surface area is 105 Å². The Morgan fingerprint density at radius 1 is 1.05 bits per heavy atom. The topological polar surface area (TPSA) is 21.3 Å². The van der Waals surface area contributed by atoms with Gasteiger partial charge in [-0.3, -0.25) is 0 Å². The lowest BCUT2D eigenvalue weighted by atomic mass is 10.1. The molecule has 0 aliphatic rings. The molecule has 0 bridgehead atoms. The highest BCUT2D eigenvalue weighted by atomic mass is 19.4. The minimum atomic E-state index is -5.34. The van der Waals surface area contributed by atoms with E-state index in [0.29, 0.717) is 6.42 Å². The number of rotatable bonds is 4. The van der Waals surface area contributed by atoms with Gasteiger partial charge in [-0.1, -0.05) is 6.92 Å². The lowest BCUT2D eigenvalue weighted by molar-refractivity contribution is -0.142. The average Bonchev–Trinajstić information content (AvgIpc) is 2.30. The first-order valence-electron chi connectivity index (χ1n) is 5.33. The summed E-state index contributed by atoms with van der Waals surface area (Å²) in [6.45, 7) is 1.56. The van der Waals surface area contributed by atoms with Crippen LogP contribution in [-0.4, -0.2) is 13.7 Å². The Hall–Kier alpha value is -1.60. The summed E-state index contributed by atoms with van der Waals surface area (Å²) in [4.78, 5) is 0. The Morgan fingerprint density at radius 3 is 2.05 bits per heavy atom. The summed E-state index contributed by atoms with van der Waals surface area (Å²) < 4.78 is 82.7. The maximum absolute atomic E-state index is 13.6. The fourth-order valence-electron chi connectivity index (χ4n) is 1.45. The Morgan fingerprint density at radius 2 is 1.63 bits per heavy atom. The number of hydrogen-bond donors (Lipinski definition) is 1. The first-order chi connectivity index (χ1) is 8.75. The third-order valence-corrected chi connectivity index (χ3v) is 2.26. The van der Waals surface area contributed by atoms with Crippen molar-refractivity contribution < 1.29 is 31.1 Å². The Bertz CT molecular complexity index is 471. The van der Waals surface area contributed by atoms with Gasteiger partial charge >= 0.3 is 6.18 Å². The van der Waals surface area contributed by atoms with Gasteiger partial charge < -0.3 is 10.1 Å². The predicted octanol–water partition coefficient (Wildman–Crippen LogP) is 3.95. The van der Waals surface area contributed by atoms with Crippen LogP contribution in [0.3, 0.4) is 0 Å². The number of ether oxygens (including phenoxy) is 1. The van der Waals surface area contributed by atoms with Crippen molar-refractivity contribution in [2.24, 2.45) is 0 Å². The highest BCUT2D eigenvalue weighted by Gasteiger charge is 2.42. The molecule has 0 heterocycles. The van der Waals surface area contributed by atoms with E-state index in [1.807, 2.05) is 5.32 Å². The van der Waals surface area contributed by atoms with E-state index in [1.165, 1.54) is 0 Å². The number of benzene rings is 1. The third-order valence-electron chi connectivity index (χ3n) is 2.26. The molecule has 1 rings (SSSR count). The van der Waals surface area contributed by atoms with Crippen molar-refractivity contribution >= 4 is 5.69 Å². The molecule has 0 aromatic heterocycles. The van der Waals surface area contributed by atoms with Crippen LogP contribution in [0.5, 0.6) is 5.75 Å². The van der Waals surface area contributed by atoms with Gasteiger partial charge in [-0.2, -0.15) is 17.6 Å². The molecule has 0 radical (unpaired) electrons. The van der Waals surface area contributed by atoms with Crippen LogP contribution < -0.4 is 10.1 Å². The van der Waals surface area contributed by atoms with Crippen LogP contribution in [0, 0.1) is 17.5 Å². The quantitative estimate of drug-likeness (QED) is 0.668. The zero-order chi connectivity index (χ0) is 14.8. The largest absolute Gasteiger partial charge is 0.488 e. The Balaban J connectivity index is 3.54. The van der Waals surface area contributed by atoms with Crippen LogP contribution in [-0.2, 0) is 6.18 Å². The summed E-state index contributed by atoms with van der Waals surface area (Å²) in [6, 6.07) is 0. The molecular weight excluding hydrogens is 276 g/mol. The van der Waals surface area contributed by atoms with Crippen LogP contribution in [0.25, 0.3) is 0 Å². The molecule has 0 amide bonds. The fraction of sp³-hybridized carbons (Fsp3) is 0.455. The third kappa shape index (κ3) is 2.87. The second kappa shape index (κ2) is 5.58. The van der Waals surface area contributed by atoms with Crippen molar-refractivity contribution in [3.63, 3.8) is 0 Å². The molecule has 0 spiro atoms. The molecule has 1 aromatic rings. The van der Waals surface area contributed by atoms with Gasteiger partial charge in [0.05, 0.1) is 6.61 Å². The van der Waals surface area contributed by atoms with Crippen molar-refractivity contribution in [1.29, 1.82) is 0 Å². The van der Waals surface area contributed by atoms with Gasteiger partial charge in [-0.05, 0) is 6.42 Å². The van der Waals surface area contributed by atoms with E-state index in [0.717, 1.165) is 7.05 Å². The fourth-order valence-corrected chi connectivity index (χ4v) is 1.45. The summed E-state index contributed by atoms with van der Waals surface area (Å²) in [7, 11) is 1.08. The van der Waals surface area contributed by atoms with Crippen LogP contribution >= 0.6 is 0 Å². The monoisotopic (exact) mass is 287 g/mol. The molecule has 108 valence electrons. The number of hydrogen-bond acceptors (Lipinski definition) is 2. The molecule has 19 heavy (non-hydrogen) atoms. The van der Waals surface area contributed by atoms with Crippen LogP contribution in [0.2, 0.25) is 0 Å². The SMILES string of the molecule is CCCOc1c(F)c(F)c(C(F)(F)F)c(F)c1NC. The van der Waals surface area contributed by atoms with E-state index in [2.05, 4.69) is 0 Å². The standard InChI is InChI=1S/C11H11F6NO/c1-3-4-19-10-8(14)6(12)5(11(15,16)17)7(13)9(10)18-2/h18H,3-4H2,1-2H3. The van der Waals surface area contributed by atoms with Crippen molar-refractivity contribution in [2.75, 3.05) is 19.0 Å². The molecule has 0 aliphatic carbocycles. The molecule has 0 atom stereocenters. The zero-order valence-electron chi connectivity index (χ0n) is 10.1. The molecule has 8 heteroatoms. The second-order valence-corrected chi connectivity index (χ2v) is 3.62. The van der Waals surface area contributed by atoms with Crippen LogP contribution in [0.4, 0.5) is 32.0 Å². The number of nitrogens with one attached hydrogen (secondary N) is 1. The van der Waals surface area contributed by atoms with Gasteiger partial charge in [0.25, 0.3) is 0 Å². The highest BCUT2D eigenvalue weighted by Crippen LogP contribution is 2.42. The number of alkyl halides is 3. The summed E-state index contributed by atoms with van der Waals surface area (Å²) in [5.74, 6) is -7.01. The van der Waals surface area contributed by atoms with E-state index in [-0.39, 0.29) is 6.61 Å². The normalized spacial score (nSPS) is 11.6. The number of anilines is 1. The van der Waals surface area contributed by atoms with E-state index in [9.17, 15) is 26.3 Å². The number of halogens is 6. The first kappa shape index (κ1) is 15.5. The van der Waals surface area contributed by atoms with Crippen molar-refractivity contribution in [3.05, 3.63) is 23.0 Å². The molecule has 2 nitrogen and oxygen atoms in total. The first-order valence-corrected chi connectivity index (χ1v) is 5.33. The van der Waals surface area contributed by atoms with Gasteiger partial charge in [0, 0.05) is 7.05 Å². The van der Waals surface area contributed by atoms with E-state index in [4.69, 9.17) is 4.74 Å². The van der Waals surface area contributed by atoms with Crippen LogP contribution in [0.1, 0.15) is 18.9 Å². The maximum atomic E-state index is 13.6. The minimum Gasteiger partial charge on any atom is -0.488 e. The summed E-state index contributed by atoms with van der Waals surface area (Å²) >= 11 is 0. The van der Waals surface area contributed by atoms with Crippen molar-refractivity contribution in [2.45, 2.75) is 19.5 Å². The summed E-state index contributed by atoms with van der Waals surface area (Å²) in [5.41, 5.74) is -3.14. The maximum Gasteiger partial charge on any atom is 0.422 e. The lowest BCUT2D eigenvalue weighted by Gasteiger charge is -2.17. The van der Waals surface area contributed by atoms with E-state index < -0.39 is 40.6 Å². The molecule has 0 saturated heterocycles. The zero-order valence-corrected chi connectivity index (χ0v) is 10.1. The van der Waals surface area contributed by atoms with E-state index >= 15 is 0 Å². The lowest BCUT2D eigenvalue weighted by Crippen LogP contribution is -2.16. The van der Waals surface area contributed by atoms with Gasteiger partial charge in [0.2, 0.25) is 5.82 Å². The van der Waals surface area contributed by atoms with Gasteiger partial charge in [0.15, 0.2) is 17.4 Å². The molecule has 0 saturated carbocycles. The highest BCUT2D eigenvalue weighted by molar-refractivity contribution is 5.60. The molecule has 1 aromatic carbocycles. The average molecular weight is 287 g/mol. The molecular formula is C11H11F6NO. The van der Waals surface area contributed by atoms with Crippen LogP contribution in [0.15, 0.2) is 0 Å². The summed E-state index contributed by atoms with van der Waals surface area (Å²) in [6.07, 6.45) is -4.95. The second-order valence-electron chi connectivity index (χ2n) is 3.62. The molecule has 0 unspecified atom stereocenters.